The summed E-state index contributed by atoms with van der Waals surface area (Å²) in [6.07, 6.45) is 14.3. The maximum Gasteiger partial charge on any atom is 0.0621 e. The normalized spacial score (nSPS) is 22.4. The predicted octanol–water partition coefficient (Wildman–Crippen LogP) is 3.98. The van der Waals surface area contributed by atoms with Crippen molar-refractivity contribution in [3.63, 3.8) is 0 Å². The van der Waals surface area contributed by atoms with Crippen LogP contribution < -0.4 is 5.32 Å². The van der Waals surface area contributed by atoms with Gasteiger partial charge in [-0.25, -0.2) is 0 Å². The van der Waals surface area contributed by atoms with Crippen LogP contribution >= 0.6 is 11.6 Å². The zero-order chi connectivity index (χ0) is 13.1. The molecule has 0 aromatic carbocycles. The van der Waals surface area contributed by atoms with E-state index >= 15 is 0 Å². The van der Waals surface area contributed by atoms with E-state index in [1.807, 2.05) is 6.20 Å². The fourth-order valence-corrected chi connectivity index (χ4v) is 3.50. The molecule has 1 N–H and O–H groups in total. The summed E-state index contributed by atoms with van der Waals surface area (Å²) in [6.45, 7) is 1.16. The fraction of sp³-hybridized carbons (Fsp3) is 0.688. The maximum absolute atomic E-state index is 6.30. The van der Waals surface area contributed by atoms with E-state index in [0.717, 1.165) is 24.0 Å². The summed E-state index contributed by atoms with van der Waals surface area (Å²) in [5.41, 5.74) is 1.70. The van der Waals surface area contributed by atoms with Crippen LogP contribution in [0.3, 0.4) is 0 Å². The Balaban J connectivity index is 1.72. The molecule has 0 saturated heterocycles. The third kappa shape index (κ3) is 3.49. The second-order valence-corrected chi connectivity index (χ2v) is 6.77. The molecule has 0 radical (unpaired) electrons. The van der Waals surface area contributed by atoms with Crippen LogP contribution in [0.5, 0.6) is 0 Å². The number of halogens is 1. The minimum atomic E-state index is 0.422. The van der Waals surface area contributed by atoms with Gasteiger partial charge in [0.15, 0.2) is 0 Å². The number of nitrogens with one attached hydrogen (secondary N) is 1. The van der Waals surface area contributed by atoms with Gasteiger partial charge < -0.3 is 5.32 Å². The lowest BCUT2D eigenvalue weighted by Gasteiger charge is -2.38. The number of hydrogen-bond acceptors (Lipinski definition) is 2. The topological polar surface area (TPSA) is 24.9 Å². The van der Waals surface area contributed by atoms with Crippen LogP contribution in [-0.4, -0.2) is 17.6 Å². The second kappa shape index (κ2) is 5.80. The number of rotatable bonds is 5. The zero-order valence-corrected chi connectivity index (χ0v) is 12.3. The lowest BCUT2D eigenvalue weighted by atomic mass is 9.70. The highest BCUT2D eigenvalue weighted by Crippen LogP contribution is 2.40. The predicted molar refractivity (Wildman–Crippen MR) is 79.5 cm³/mol. The average molecular weight is 279 g/mol. The van der Waals surface area contributed by atoms with E-state index in [-0.39, 0.29) is 0 Å². The Hall–Kier alpha value is -0.600. The Morgan fingerprint density at radius 1 is 1.26 bits per heavy atom. The molecular formula is C16H23ClN2. The molecule has 1 aromatic rings. The first-order valence-electron chi connectivity index (χ1n) is 7.59. The minimum absolute atomic E-state index is 0.422. The number of pyridine rings is 1. The van der Waals surface area contributed by atoms with Gasteiger partial charge in [-0.3, -0.25) is 4.98 Å². The molecule has 0 amide bonds. The van der Waals surface area contributed by atoms with Crippen LogP contribution in [0.1, 0.15) is 50.5 Å². The van der Waals surface area contributed by atoms with E-state index in [9.17, 15) is 0 Å². The molecule has 2 fully saturated rings. The van der Waals surface area contributed by atoms with Crippen molar-refractivity contribution in [3.8, 4) is 0 Å². The summed E-state index contributed by atoms with van der Waals surface area (Å²) < 4.78 is 0. The van der Waals surface area contributed by atoms with Gasteiger partial charge >= 0.3 is 0 Å². The number of aromatic nitrogens is 1. The highest BCUT2D eigenvalue weighted by atomic mass is 35.5. The molecule has 1 heterocycles. The van der Waals surface area contributed by atoms with Crippen LogP contribution in [0.2, 0.25) is 5.02 Å². The SMILES string of the molecule is Clc1cnccc1CC1(CNC2CC2)CCCCC1. The van der Waals surface area contributed by atoms with E-state index in [4.69, 9.17) is 11.6 Å². The largest absolute Gasteiger partial charge is 0.313 e. The van der Waals surface area contributed by atoms with Gasteiger partial charge in [0, 0.05) is 25.0 Å². The molecule has 0 unspecified atom stereocenters. The monoisotopic (exact) mass is 278 g/mol. The first kappa shape index (κ1) is 13.4. The second-order valence-electron chi connectivity index (χ2n) is 6.36. The third-order valence-electron chi connectivity index (χ3n) is 4.68. The van der Waals surface area contributed by atoms with Gasteiger partial charge in [0.05, 0.1) is 5.02 Å². The Kier molecular flexibility index (Phi) is 4.09. The lowest BCUT2D eigenvalue weighted by Crippen LogP contribution is -2.38. The Labute approximate surface area is 121 Å². The first-order chi connectivity index (χ1) is 9.27. The summed E-state index contributed by atoms with van der Waals surface area (Å²) in [4.78, 5) is 4.10. The molecule has 2 aliphatic carbocycles. The van der Waals surface area contributed by atoms with Crippen LogP contribution in [-0.2, 0) is 6.42 Å². The van der Waals surface area contributed by atoms with Crippen molar-refractivity contribution < 1.29 is 0 Å². The van der Waals surface area contributed by atoms with E-state index < -0.39 is 0 Å². The molecule has 0 atom stereocenters. The molecule has 0 bridgehead atoms. The number of hydrogen-bond donors (Lipinski definition) is 1. The summed E-state index contributed by atoms with van der Waals surface area (Å²) >= 11 is 6.30. The van der Waals surface area contributed by atoms with Crippen molar-refractivity contribution in [2.24, 2.45) is 5.41 Å². The van der Waals surface area contributed by atoms with Gasteiger partial charge in [-0.15, -0.1) is 0 Å². The summed E-state index contributed by atoms with van der Waals surface area (Å²) in [5, 5.41) is 4.58. The molecule has 2 nitrogen and oxygen atoms in total. The lowest BCUT2D eigenvalue weighted by molar-refractivity contribution is 0.180. The van der Waals surface area contributed by atoms with Gasteiger partial charge in [0.1, 0.15) is 0 Å². The van der Waals surface area contributed by atoms with Crippen molar-refractivity contribution in [3.05, 3.63) is 29.0 Å². The van der Waals surface area contributed by atoms with Crippen molar-refractivity contribution in [1.82, 2.24) is 10.3 Å². The zero-order valence-electron chi connectivity index (χ0n) is 11.5. The standard InChI is InChI=1S/C16H23ClN2/c17-15-11-18-9-6-13(15)10-16(7-2-1-3-8-16)12-19-14-4-5-14/h6,9,11,14,19H,1-5,7-8,10,12H2. The highest BCUT2D eigenvalue weighted by molar-refractivity contribution is 6.31. The molecule has 104 valence electrons. The summed E-state index contributed by atoms with van der Waals surface area (Å²) in [7, 11) is 0. The summed E-state index contributed by atoms with van der Waals surface area (Å²) in [6, 6.07) is 2.89. The molecule has 3 rings (SSSR count). The molecule has 19 heavy (non-hydrogen) atoms. The first-order valence-corrected chi connectivity index (χ1v) is 7.97. The average Bonchev–Trinajstić information content (AvgIpc) is 3.25. The highest BCUT2D eigenvalue weighted by Gasteiger charge is 2.34. The van der Waals surface area contributed by atoms with Crippen molar-refractivity contribution in [2.45, 2.75) is 57.4 Å². The Morgan fingerprint density at radius 3 is 2.74 bits per heavy atom. The van der Waals surface area contributed by atoms with Crippen molar-refractivity contribution >= 4 is 11.6 Å². The molecule has 2 saturated carbocycles. The Bertz CT molecular complexity index is 423. The van der Waals surface area contributed by atoms with Crippen molar-refractivity contribution in [1.29, 1.82) is 0 Å². The molecule has 2 aliphatic rings. The van der Waals surface area contributed by atoms with Crippen molar-refractivity contribution in [2.75, 3.05) is 6.54 Å². The molecular weight excluding hydrogens is 256 g/mol. The molecule has 1 aromatic heterocycles. The van der Waals surface area contributed by atoms with Crippen LogP contribution in [0.15, 0.2) is 18.5 Å². The fourth-order valence-electron chi connectivity index (χ4n) is 3.32. The van der Waals surface area contributed by atoms with Gasteiger partial charge in [0.2, 0.25) is 0 Å². The van der Waals surface area contributed by atoms with Gasteiger partial charge in [-0.2, -0.15) is 0 Å². The maximum atomic E-state index is 6.30. The van der Waals surface area contributed by atoms with E-state index in [0.29, 0.717) is 5.41 Å². The number of nitrogens with zero attached hydrogens (tertiary/aromatic N) is 1. The smallest absolute Gasteiger partial charge is 0.0621 e. The van der Waals surface area contributed by atoms with Crippen LogP contribution in [0.25, 0.3) is 0 Å². The molecule has 3 heteroatoms. The Morgan fingerprint density at radius 2 is 2.05 bits per heavy atom. The van der Waals surface area contributed by atoms with Gasteiger partial charge in [0.25, 0.3) is 0 Å². The van der Waals surface area contributed by atoms with Crippen LogP contribution in [0.4, 0.5) is 0 Å². The van der Waals surface area contributed by atoms with E-state index in [1.165, 1.54) is 50.5 Å². The minimum Gasteiger partial charge on any atom is -0.313 e. The van der Waals surface area contributed by atoms with Gasteiger partial charge in [-0.05, 0) is 49.1 Å². The summed E-state index contributed by atoms with van der Waals surface area (Å²) in [5.74, 6) is 0. The van der Waals surface area contributed by atoms with Gasteiger partial charge in [-0.1, -0.05) is 30.9 Å². The third-order valence-corrected chi connectivity index (χ3v) is 5.02. The quantitative estimate of drug-likeness (QED) is 0.881. The molecule has 0 aliphatic heterocycles. The van der Waals surface area contributed by atoms with Crippen LogP contribution in [0, 0.1) is 5.41 Å². The van der Waals surface area contributed by atoms with E-state index in [2.05, 4.69) is 16.4 Å². The molecule has 0 spiro atoms. The van der Waals surface area contributed by atoms with E-state index in [1.54, 1.807) is 6.20 Å².